The van der Waals surface area contributed by atoms with Crippen LogP contribution in [0.15, 0.2) is 42.5 Å². The zero-order valence-corrected chi connectivity index (χ0v) is 11.7. The molecule has 6 nitrogen and oxygen atoms in total. The summed E-state index contributed by atoms with van der Waals surface area (Å²) in [4.78, 5) is 18.4. The minimum absolute atomic E-state index is 0.357. The van der Waals surface area contributed by atoms with E-state index in [1.54, 1.807) is 6.08 Å². The second-order valence-corrected chi connectivity index (χ2v) is 4.57. The van der Waals surface area contributed by atoms with Gasteiger partial charge in [0.2, 0.25) is 11.8 Å². The van der Waals surface area contributed by atoms with Gasteiger partial charge >= 0.3 is 5.97 Å². The van der Waals surface area contributed by atoms with Crippen molar-refractivity contribution in [2.24, 2.45) is 0 Å². The third-order valence-corrected chi connectivity index (χ3v) is 2.80. The lowest BCUT2D eigenvalue weighted by atomic mass is 10.2. The van der Waals surface area contributed by atoms with E-state index in [0.29, 0.717) is 4.73 Å². The minimum Gasteiger partial charge on any atom is -0.492 e. The number of hydrogen-bond donors (Lipinski definition) is 2. The van der Waals surface area contributed by atoms with E-state index in [1.807, 2.05) is 43.3 Å². The highest BCUT2D eigenvalue weighted by molar-refractivity contribution is 5.87. The number of anilines is 1. The topological polar surface area (TPSA) is 74.9 Å². The molecule has 1 aromatic heterocycles. The van der Waals surface area contributed by atoms with Crippen LogP contribution >= 0.6 is 0 Å². The molecule has 0 spiro atoms. The lowest BCUT2D eigenvalue weighted by Gasteiger charge is -2.11. The van der Waals surface area contributed by atoms with Gasteiger partial charge in [0.1, 0.15) is 0 Å². The van der Waals surface area contributed by atoms with E-state index in [0.717, 1.165) is 11.3 Å². The van der Waals surface area contributed by atoms with E-state index >= 15 is 0 Å². The van der Waals surface area contributed by atoms with Crippen LogP contribution in [0.4, 0.5) is 5.69 Å². The Labute approximate surface area is 122 Å². The lowest BCUT2D eigenvalue weighted by molar-refractivity contribution is -0.139. The van der Waals surface area contributed by atoms with Gasteiger partial charge in [0.05, 0.1) is 0 Å². The summed E-state index contributed by atoms with van der Waals surface area (Å²) in [5, 5.41) is 18.7. The first kappa shape index (κ1) is 14.5. The zero-order valence-electron chi connectivity index (χ0n) is 11.7. The van der Waals surface area contributed by atoms with Gasteiger partial charge in [-0.1, -0.05) is 12.1 Å². The van der Waals surface area contributed by atoms with Crippen molar-refractivity contribution < 1.29 is 19.8 Å². The van der Waals surface area contributed by atoms with Crippen LogP contribution in [0.1, 0.15) is 5.56 Å². The highest BCUT2D eigenvalue weighted by Gasteiger charge is 2.09. The van der Waals surface area contributed by atoms with Gasteiger partial charge in [-0.05, 0) is 23.8 Å². The largest absolute Gasteiger partial charge is 0.492 e. The molecule has 110 valence electrons. The molecule has 0 saturated heterocycles. The van der Waals surface area contributed by atoms with E-state index in [2.05, 4.69) is 0 Å². The van der Waals surface area contributed by atoms with Gasteiger partial charge in [0.15, 0.2) is 0 Å². The monoisotopic (exact) mass is 288 g/mol. The number of hydrogen-bond acceptors (Lipinski definition) is 5. The molecular formula is C15H16N2O4. The number of rotatable bonds is 4. The number of carbonyl (C=O) groups is 1. The van der Waals surface area contributed by atoms with Gasteiger partial charge in [-0.3, -0.25) is 0 Å². The Morgan fingerprint density at radius 3 is 2.19 bits per heavy atom. The summed E-state index contributed by atoms with van der Waals surface area (Å²) in [6.07, 6.45) is 2.79. The van der Waals surface area contributed by atoms with Crippen LogP contribution in [-0.2, 0) is 4.79 Å². The minimum atomic E-state index is -0.714. The fourth-order valence-electron chi connectivity index (χ4n) is 1.66. The number of aromatic hydroxyl groups is 2. The van der Waals surface area contributed by atoms with E-state index in [-0.39, 0.29) is 11.8 Å². The van der Waals surface area contributed by atoms with Gasteiger partial charge in [0.25, 0.3) is 0 Å². The molecular weight excluding hydrogens is 272 g/mol. The molecule has 0 atom stereocenters. The maximum absolute atomic E-state index is 11.6. The smallest absolute Gasteiger partial charge is 0.356 e. The molecule has 21 heavy (non-hydrogen) atoms. The third-order valence-electron chi connectivity index (χ3n) is 2.80. The van der Waals surface area contributed by atoms with Crippen LogP contribution in [0.25, 0.3) is 6.08 Å². The summed E-state index contributed by atoms with van der Waals surface area (Å²) < 4.78 is 0.641. The summed E-state index contributed by atoms with van der Waals surface area (Å²) in [6, 6.07) is 10.0. The fraction of sp³-hybridized carbons (Fsp3) is 0.133. The molecule has 0 unspecified atom stereocenters. The second-order valence-electron chi connectivity index (χ2n) is 4.57. The van der Waals surface area contributed by atoms with Crippen molar-refractivity contribution in [3.63, 3.8) is 0 Å². The number of carbonyl (C=O) groups excluding carboxylic acids is 1. The SMILES string of the molecule is CN(C)c1ccc(C=CC(=O)On2c(O)ccc2O)cc1. The molecule has 0 radical (unpaired) electrons. The fourth-order valence-corrected chi connectivity index (χ4v) is 1.66. The molecule has 2 rings (SSSR count). The zero-order chi connectivity index (χ0) is 15.4. The second kappa shape index (κ2) is 6.04. The van der Waals surface area contributed by atoms with Crippen molar-refractivity contribution in [1.29, 1.82) is 0 Å². The number of nitrogens with zero attached hydrogens (tertiary/aromatic N) is 2. The summed E-state index contributed by atoms with van der Waals surface area (Å²) in [6.45, 7) is 0. The molecule has 2 N–H and O–H groups in total. The quantitative estimate of drug-likeness (QED) is 0.836. The summed E-state index contributed by atoms with van der Waals surface area (Å²) in [5.74, 6) is -1.43. The van der Waals surface area contributed by atoms with Crippen LogP contribution in [-0.4, -0.2) is 35.0 Å². The van der Waals surface area contributed by atoms with Crippen molar-refractivity contribution in [2.75, 3.05) is 19.0 Å². The molecule has 2 aromatic rings. The Bertz CT molecular complexity index is 637. The van der Waals surface area contributed by atoms with E-state index in [1.165, 1.54) is 18.2 Å². The molecule has 1 heterocycles. The molecule has 1 aromatic carbocycles. The maximum atomic E-state index is 11.6. The third kappa shape index (κ3) is 3.56. The normalized spacial score (nSPS) is 10.8. The first-order valence-corrected chi connectivity index (χ1v) is 6.25. The predicted molar refractivity (Wildman–Crippen MR) is 79.2 cm³/mol. The molecule has 0 fully saturated rings. The van der Waals surface area contributed by atoms with Crippen molar-refractivity contribution >= 4 is 17.7 Å². The Kier molecular flexibility index (Phi) is 4.18. The van der Waals surface area contributed by atoms with E-state index < -0.39 is 5.97 Å². The van der Waals surface area contributed by atoms with Gasteiger partial charge in [0, 0.05) is 38.0 Å². The summed E-state index contributed by atoms with van der Waals surface area (Å²) >= 11 is 0. The van der Waals surface area contributed by atoms with Gasteiger partial charge < -0.3 is 20.0 Å². The highest BCUT2D eigenvalue weighted by atomic mass is 16.7. The summed E-state index contributed by atoms with van der Waals surface area (Å²) in [5.41, 5.74) is 1.88. The average Bonchev–Trinajstić information content (AvgIpc) is 2.77. The van der Waals surface area contributed by atoms with Gasteiger partial charge in [-0.25, -0.2) is 4.79 Å². The lowest BCUT2D eigenvalue weighted by Crippen LogP contribution is -2.16. The Balaban J connectivity index is 2.02. The molecule has 0 aliphatic carbocycles. The van der Waals surface area contributed by atoms with Crippen LogP contribution in [0, 0.1) is 0 Å². The van der Waals surface area contributed by atoms with Gasteiger partial charge in [-0.2, -0.15) is 0 Å². The van der Waals surface area contributed by atoms with Crippen molar-refractivity contribution in [3.8, 4) is 11.8 Å². The Hall–Kier alpha value is -2.89. The molecule has 0 amide bonds. The van der Waals surface area contributed by atoms with Crippen molar-refractivity contribution in [1.82, 2.24) is 4.73 Å². The maximum Gasteiger partial charge on any atom is 0.356 e. The molecule has 0 aliphatic heterocycles. The average molecular weight is 288 g/mol. The first-order chi connectivity index (χ1) is 9.97. The number of benzene rings is 1. The van der Waals surface area contributed by atoms with Gasteiger partial charge in [-0.15, -0.1) is 4.73 Å². The van der Waals surface area contributed by atoms with Crippen LogP contribution in [0.2, 0.25) is 0 Å². The van der Waals surface area contributed by atoms with E-state index in [4.69, 9.17) is 4.84 Å². The molecule has 0 aliphatic rings. The van der Waals surface area contributed by atoms with Crippen LogP contribution < -0.4 is 9.74 Å². The van der Waals surface area contributed by atoms with Crippen LogP contribution in [0.5, 0.6) is 11.8 Å². The number of aromatic nitrogens is 1. The Morgan fingerprint density at radius 1 is 1.10 bits per heavy atom. The van der Waals surface area contributed by atoms with E-state index in [9.17, 15) is 15.0 Å². The summed E-state index contributed by atoms with van der Waals surface area (Å²) in [7, 11) is 3.89. The molecule has 0 saturated carbocycles. The molecule has 6 heteroatoms. The highest BCUT2D eigenvalue weighted by Crippen LogP contribution is 2.18. The predicted octanol–water partition coefficient (Wildman–Crippen LogP) is 1.63. The first-order valence-electron chi connectivity index (χ1n) is 6.25. The van der Waals surface area contributed by atoms with Crippen molar-refractivity contribution in [2.45, 2.75) is 0 Å². The van der Waals surface area contributed by atoms with Crippen LogP contribution in [0.3, 0.4) is 0 Å². The Morgan fingerprint density at radius 2 is 1.67 bits per heavy atom. The standard InChI is InChI=1S/C15H16N2O4/c1-16(2)12-6-3-11(4-7-12)5-10-15(20)21-17-13(18)8-9-14(17)19/h3-10,18-19H,1-2H3. The molecule has 0 bridgehead atoms. The van der Waals surface area contributed by atoms with Crippen molar-refractivity contribution in [3.05, 3.63) is 48.0 Å².